The average Bonchev–Trinajstić information content (AvgIpc) is 3.04. The van der Waals surface area contributed by atoms with Crippen molar-refractivity contribution in [3.05, 3.63) is 76.5 Å². The van der Waals surface area contributed by atoms with Gasteiger partial charge in [0, 0.05) is 10.0 Å². The van der Waals surface area contributed by atoms with E-state index in [1.54, 1.807) is 12.1 Å². The Morgan fingerprint density at radius 2 is 1.80 bits per heavy atom. The highest BCUT2D eigenvalue weighted by Crippen LogP contribution is 2.37. The molecule has 0 fully saturated rings. The van der Waals surface area contributed by atoms with Gasteiger partial charge in [-0.3, -0.25) is 0 Å². The van der Waals surface area contributed by atoms with Gasteiger partial charge in [0.1, 0.15) is 11.5 Å². The highest BCUT2D eigenvalue weighted by atomic mass is 79.9. The Balaban J connectivity index is 1.94. The van der Waals surface area contributed by atoms with E-state index in [4.69, 9.17) is 4.52 Å². The van der Waals surface area contributed by atoms with Crippen molar-refractivity contribution < 1.29 is 14.0 Å². The van der Waals surface area contributed by atoms with Crippen LogP contribution in [0.3, 0.4) is 0 Å². The minimum absolute atomic E-state index is 0.246. The molecule has 0 aliphatic rings. The van der Waals surface area contributed by atoms with Crippen molar-refractivity contribution in [3.63, 3.8) is 0 Å². The molecule has 4 aromatic rings. The summed E-state index contributed by atoms with van der Waals surface area (Å²) >= 11 is 3.24. The summed E-state index contributed by atoms with van der Waals surface area (Å²) in [5.41, 5.74) is 2.11. The van der Waals surface area contributed by atoms with Crippen LogP contribution in [0, 0.1) is 5.82 Å². The van der Waals surface area contributed by atoms with Gasteiger partial charge in [0.05, 0.1) is 17.7 Å². The number of hydrogen-bond donors (Lipinski definition) is 1. The molecule has 3 nitrogen and oxygen atoms in total. The predicted molar refractivity (Wildman–Crippen MR) is 98.5 cm³/mol. The first-order chi connectivity index (χ1) is 12.2. The Bertz CT molecular complexity index is 1070. The molecule has 0 spiro atoms. The van der Waals surface area contributed by atoms with E-state index in [1.807, 2.05) is 42.5 Å². The van der Waals surface area contributed by atoms with Crippen molar-refractivity contribution in [1.29, 1.82) is 0 Å². The van der Waals surface area contributed by atoms with Crippen molar-refractivity contribution in [1.82, 2.24) is 5.16 Å². The first kappa shape index (κ1) is 16.0. The summed E-state index contributed by atoms with van der Waals surface area (Å²) in [6.07, 6.45) is 0. The van der Waals surface area contributed by atoms with E-state index in [-0.39, 0.29) is 17.9 Å². The van der Waals surface area contributed by atoms with Gasteiger partial charge in [-0.2, -0.15) is 0 Å². The molecule has 124 valence electrons. The fraction of sp³-hybridized carbons (Fsp3) is 0.0500. The summed E-state index contributed by atoms with van der Waals surface area (Å²) in [6.45, 7) is -0.299. The third kappa shape index (κ3) is 2.75. The second-order valence-electron chi connectivity index (χ2n) is 5.65. The molecule has 1 aromatic heterocycles. The molecule has 5 heteroatoms. The summed E-state index contributed by atoms with van der Waals surface area (Å²) in [5.74, 6) is -0.194. The maximum atomic E-state index is 14.3. The third-order valence-corrected chi connectivity index (χ3v) is 4.66. The van der Waals surface area contributed by atoms with Gasteiger partial charge < -0.3 is 9.63 Å². The van der Waals surface area contributed by atoms with Crippen LogP contribution < -0.4 is 0 Å². The molecule has 0 saturated heterocycles. The van der Waals surface area contributed by atoms with Crippen LogP contribution >= 0.6 is 15.9 Å². The first-order valence-electron chi connectivity index (χ1n) is 7.72. The quantitative estimate of drug-likeness (QED) is 0.492. The van der Waals surface area contributed by atoms with Crippen molar-refractivity contribution in [3.8, 4) is 22.6 Å². The molecule has 0 unspecified atom stereocenters. The van der Waals surface area contributed by atoms with E-state index in [9.17, 15) is 9.50 Å². The van der Waals surface area contributed by atoms with Gasteiger partial charge in [-0.05, 0) is 29.0 Å². The summed E-state index contributed by atoms with van der Waals surface area (Å²) in [4.78, 5) is 0. The number of fused-ring (bicyclic) bond motifs is 1. The number of aromatic nitrogens is 1. The molecule has 4 rings (SSSR count). The second kappa shape index (κ2) is 6.43. The monoisotopic (exact) mass is 397 g/mol. The largest absolute Gasteiger partial charge is 0.391 e. The molecule has 0 bridgehead atoms. The van der Waals surface area contributed by atoms with Crippen molar-refractivity contribution >= 4 is 26.7 Å². The van der Waals surface area contributed by atoms with Gasteiger partial charge >= 0.3 is 0 Å². The minimum Gasteiger partial charge on any atom is -0.391 e. The van der Waals surface area contributed by atoms with Crippen molar-refractivity contribution in [2.45, 2.75) is 6.61 Å². The lowest BCUT2D eigenvalue weighted by Crippen LogP contribution is -1.92. The molecule has 0 saturated carbocycles. The molecule has 0 radical (unpaired) electrons. The lowest BCUT2D eigenvalue weighted by Gasteiger charge is -2.06. The number of rotatable bonds is 3. The van der Waals surface area contributed by atoms with Crippen LogP contribution in [0.25, 0.3) is 33.4 Å². The van der Waals surface area contributed by atoms with Crippen LogP contribution in [0.4, 0.5) is 4.39 Å². The lowest BCUT2D eigenvalue weighted by molar-refractivity contribution is 0.281. The second-order valence-corrected chi connectivity index (χ2v) is 6.56. The van der Waals surface area contributed by atoms with E-state index < -0.39 is 5.82 Å². The molecule has 0 atom stereocenters. The molecule has 0 aliphatic carbocycles. The number of benzene rings is 3. The van der Waals surface area contributed by atoms with Crippen LogP contribution in [0.15, 0.2) is 69.7 Å². The van der Waals surface area contributed by atoms with E-state index in [2.05, 4.69) is 21.1 Å². The number of halogens is 2. The van der Waals surface area contributed by atoms with E-state index in [0.29, 0.717) is 15.7 Å². The van der Waals surface area contributed by atoms with Gasteiger partial charge in [0.25, 0.3) is 0 Å². The van der Waals surface area contributed by atoms with Gasteiger partial charge in [-0.1, -0.05) is 63.6 Å². The predicted octanol–water partition coefficient (Wildman–Crippen LogP) is 5.56. The molecule has 0 aliphatic heterocycles. The fourth-order valence-electron chi connectivity index (χ4n) is 2.98. The smallest absolute Gasteiger partial charge is 0.175 e. The van der Waals surface area contributed by atoms with Gasteiger partial charge in [0.15, 0.2) is 5.76 Å². The molecule has 1 heterocycles. The number of nitrogens with zero attached hydrogens (tertiary/aromatic N) is 1. The molecule has 3 aromatic carbocycles. The Kier molecular flexibility index (Phi) is 4.11. The Morgan fingerprint density at radius 1 is 1.00 bits per heavy atom. The molecular weight excluding hydrogens is 385 g/mol. The molecular formula is C20H13BrFNO2. The van der Waals surface area contributed by atoms with Crippen LogP contribution in [0.5, 0.6) is 0 Å². The standard InChI is InChI=1S/C20H13BrFNO2/c21-13-8-9-16(18(22)10-13)20-17(11-24)19(23-25-20)15-7-3-5-12-4-1-2-6-14(12)15/h1-10,24H,11H2. The molecule has 0 amide bonds. The Hall–Kier alpha value is -2.50. The Morgan fingerprint density at radius 3 is 2.60 bits per heavy atom. The fourth-order valence-corrected chi connectivity index (χ4v) is 3.32. The zero-order valence-corrected chi connectivity index (χ0v) is 14.6. The molecule has 25 heavy (non-hydrogen) atoms. The molecule has 1 N–H and O–H groups in total. The zero-order valence-electron chi connectivity index (χ0n) is 13.0. The summed E-state index contributed by atoms with van der Waals surface area (Å²) < 4.78 is 20.4. The van der Waals surface area contributed by atoms with Crippen LogP contribution in [0.2, 0.25) is 0 Å². The van der Waals surface area contributed by atoms with Crippen LogP contribution in [0.1, 0.15) is 5.56 Å². The first-order valence-corrected chi connectivity index (χ1v) is 8.51. The van der Waals surface area contributed by atoms with E-state index in [0.717, 1.165) is 16.3 Å². The van der Waals surface area contributed by atoms with E-state index in [1.165, 1.54) is 6.07 Å². The average molecular weight is 398 g/mol. The minimum atomic E-state index is -0.440. The van der Waals surface area contributed by atoms with Crippen LogP contribution in [-0.2, 0) is 6.61 Å². The van der Waals surface area contributed by atoms with Crippen LogP contribution in [-0.4, -0.2) is 10.3 Å². The normalized spacial score (nSPS) is 11.2. The van der Waals surface area contributed by atoms with Gasteiger partial charge in [-0.15, -0.1) is 0 Å². The Labute approximate surface area is 151 Å². The zero-order chi connectivity index (χ0) is 17.4. The SMILES string of the molecule is OCc1c(-c2cccc3ccccc23)noc1-c1ccc(Br)cc1F. The summed E-state index contributed by atoms with van der Waals surface area (Å²) in [7, 11) is 0. The van der Waals surface area contributed by atoms with Crippen molar-refractivity contribution in [2.24, 2.45) is 0 Å². The topological polar surface area (TPSA) is 46.3 Å². The van der Waals surface area contributed by atoms with Crippen molar-refractivity contribution in [2.75, 3.05) is 0 Å². The van der Waals surface area contributed by atoms with Gasteiger partial charge in [-0.25, -0.2) is 4.39 Å². The van der Waals surface area contributed by atoms with E-state index >= 15 is 0 Å². The summed E-state index contributed by atoms with van der Waals surface area (Å²) in [6, 6.07) is 18.4. The summed E-state index contributed by atoms with van der Waals surface area (Å²) in [5, 5.41) is 16.1. The maximum absolute atomic E-state index is 14.3. The lowest BCUT2D eigenvalue weighted by atomic mass is 9.98. The van der Waals surface area contributed by atoms with Gasteiger partial charge in [0.2, 0.25) is 0 Å². The highest BCUT2D eigenvalue weighted by molar-refractivity contribution is 9.10. The third-order valence-electron chi connectivity index (χ3n) is 4.17. The number of aliphatic hydroxyl groups is 1. The number of hydrogen-bond acceptors (Lipinski definition) is 3. The maximum Gasteiger partial charge on any atom is 0.175 e. The highest BCUT2D eigenvalue weighted by Gasteiger charge is 2.21. The number of aliphatic hydroxyl groups excluding tert-OH is 1.